The number of hydrogen-bond donors (Lipinski definition) is 2. The molecule has 1 atom stereocenters. The van der Waals surface area contributed by atoms with Gasteiger partial charge < -0.3 is 10.7 Å². The molecule has 7 nitrogen and oxygen atoms in total. The number of nitrogens with one attached hydrogen (secondary N) is 1. The van der Waals surface area contributed by atoms with Crippen LogP contribution in [0.1, 0.15) is 39.9 Å². The normalized spacial score (nSPS) is 14.1. The second-order valence-corrected chi connectivity index (χ2v) is 12.0. The lowest BCUT2D eigenvalue weighted by Gasteiger charge is -2.14. The summed E-state index contributed by atoms with van der Waals surface area (Å²) in [6.07, 6.45) is 7.06. The molecule has 0 saturated carbocycles. The van der Waals surface area contributed by atoms with Gasteiger partial charge in [-0.1, -0.05) is 42.0 Å². The molecular formula is C32H30N6OS2. The topological polar surface area (TPSA) is 94.5 Å². The van der Waals surface area contributed by atoms with Gasteiger partial charge in [0.15, 0.2) is 6.29 Å². The van der Waals surface area contributed by atoms with E-state index in [1.165, 1.54) is 43.7 Å². The van der Waals surface area contributed by atoms with Crippen molar-refractivity contribution >= 4 is 58.4 Å². The maximum Gasteiger partial charge on any atom is 0.155 e. The van der Waals surface area contributed by atoms with E-state index in [0.717, 1.165) is 29.2 Å². The highest BCUT2D eigenvalue weighted by Crippen LogP contribution is 2.33. The number of aromatic nitrogens is 5. The fourth-order valence-corrected chi connectivity index (χ4v) is 6.60. The molecule has 4 heterocycles. The standard InChI is InChI=1S/C20H17NS2.C12H13N5O/c1-14-5-9-18(10-6-14)23-21-15(2)12-16-7-8-17(13-19(16)21)20-4-3-11-22-20;1-7-15-10-3-2-9(4-11(10)16-7)17-12(13)8(6-18)5-14-17/h3-13H,1-2H3;3-6,9H,2,13H2,1H3,(H,15,16). The molecule has 4 aromatic heterocycles. The molecule has 206 valence electrons. The first-order valence-electron chi connectivity index (χ1n) is 13.3. The SMILES string of the molecule is Cc1ccc(Sn2c(C)cc3ccc(-c4cccs4)cc32)cc1.Cc1nc2c([nH]1)=CC(n1ncc(C=O)c1N)CC=2. The number of aromatic amines is 1. The molecule has 2 aromatic carbocycles. The Labute approximate surface area is 246 Å². The van der Waals surface area contributed by atoms with E-state index in [1.807, 2.05) is 19.1 Å². The molecule has 41 heavy (non-hydrogen) atoms. The van der Waals surface area contributed by atoms with Crippen molar-refractivity contribution in [3.8, 4) is 10.4 Å². The van der Waals surface area contributed by atoms with Gasteiger partial charge in [0, 0.05) is 20.9 Å². The summed E-state index contributed by atoms with van der Waals surface area (Å²) in [5.41, 5.74) is 11.4. The molecule has 6 aromatic rings. The Morgan fingerprint density at radius 1 is 1.10 bits per heavy atom. The second-order valence-electron chi connectivity index (χ2n) is 10.1. The number of aryl methyl sites for hydroxylation is 3. The quantitative estimate of drug-likeness (QED) is 0.243. The average molecular weight is 579 g/mol. The van der Waals surface area contributed by atoms with Crippen LogP contribution in [0.15, 0.2) is 77.1 Å². The third kappa shape index (κ3) is 5.51. The Hall–Kier alpha value is -4.34. The summed E-state index contributed by atoms with van der Waals surface area (Å²) in [6, 6.07) is 22.0. The van der Waals surface area contributed by atoms with E-state index in [1.54, 1.807) is 28.0 Å². The molecule has 0 aliphatic heterocycles. The number of anilines is 1. The van der Waals surface area contributed by atoms with Gasteiger partial charge in [-0.05, 0) is 86.5 Å². The van der Waals surface area contributed by atoms with Crippen LogP contribution in [0.5, 0.6) is 0 Å². The number of nitrogens with zero attached hydrogens (tertiary/aromatic N) is 4. The first-order chi connectivity index (χ1) is 19.9. The number of H-pyrrole nitrogens is 1. The van der Waals surface area contributed by atoms with Gasteiger partial charge in [0.1, 0.15) is 11.6 Å². The molecule has 3 N–H and O–H groups in total. The minimum atomic E-state index is 0.0195. The van der Waals surface area contributed by atoms with E-state index < -0.39 is 0 Å². The monoisotopic (exact) mass is 578 g/mol. The number of nitrogen functional groups attached to an aromatic ring is 1. The lowest BCUT2D eigenvalue weighted by Crippen LogP contribution is -2.30. The van der Waals surface area contributed by atoms with Crippen LogP contribution in [0.25, 0.3) is 33.5 Å². The molecule has 0 radical (unpaired) electrons. The van der Waals surface area contributed by atoms with Gasteiger partial charge in [-0.15, -0.1) is 11.3 Å². The Kier molecular flexibility index (Phi) is 7.38. The molecule has 1 unspecified atom stereocenters. The van der Waals surface area contributed by atoms with Gasteiger partial charge in [0.25, 0.3) is 0 Å². The maximum absolute atomic E-state index is 10.8. The number of aldehydes is 1. The predicted octanol–water partition coefficient (Wildman–Crippen LogP) is 6.06. The van der Waals surface area contributed by atoms with Gasteiger partial charge in [0.2, 0.25) is 0 Å². The lowest BCUT2D eigenvalue weighted by atomic mass is 10.1. The summed E-state index contributed by atoms with van der Waals surface area (Å²) in [5.74, 6) is 1.29. The first-order valence-corrected chi connectivity index (χ1v) is 15.0. The minimum absolute atomic E-state index is 0.0195. The maximum atomic E-state index is 10.8. The van der Waals surface area contributed by atoms with Crippen LogP contribution in [0.3, 0.4) is 0 Å². The van der Waals surface area contributed by atoms with Crippen molar-refractivity contribution in [1.29, 1.82) is 0 Å². The van der Waals surface area contributed by atoms with Crippen molar-refractivity contribution in [3.05, 3.63) is 106 Å². The number of imidazole rings is 1. The van der Waals surface area contributed by atoms with E-state index in [9.17, 15) is 4.79 Å². The number of hydrogen-bond acceptors (Lipinski definition) is 6. The first kappa shape index (κ1) is 26.9. The number of carbonyl (C=O) groups is 1. The third-order valence-corrected chi connectivity index (χ3v) is 9.12. The van der Waals surface area contributed by atoms with Crippen LogP contribution in [0.4, 0.5) is 5.82 Å². The smallest absolute Gasteiger partial charge is 0.155 e. The summed E-state index contributed by atoms with van der Waals surface area (Å²) < 4.78 is 4.00. The van der Waals surface area contributed by atoms with Crippen LogP contribution in [0.2, 0.25) is 0 Å². The van der Waals surface area contributed by atoms with E-state index in [2.05, 4.69) is 98.9 Å². The molecular weight excluding hydrogens is 549 g/mol. The molecule has 7 rings (SSSR count). The van der Waals surface area contributed by atoms with Crippen molar-refractivity contribution in [3.63, 3.8) is 0 Å². The van der Waals surface area contributed by atoms with Crippen molar-refractivity contribution in [2.45, 2.75) is 38.1 Å². The number of fused-ring (bicyclic) bond motifs is 2. The summed E-state index contributed by atoms with van der Waals surface area (Å²) in [5, 5.41) is 9.53. The van der Waals surface area contributed by atoms with Crippen molar-refractivity contribution < 1.29 is 4.79 Å². The van der Waals surface area contributed by atoms with E-state index >= 15 is 0 Å². The molecule has 0 bridgehead atoms. The second kappa shape index (κ2) is 11.3. The third-order valence-electron chi connectivity index (χ3n) is 7.05. The molecule has 9 heteroatoms. The van der Waals surface area contributed by atoms with Gasteiger partial charge in [-0.2, -0.15) is 5.10 Å². The number of thiophene rings is 1. The number of rotatable bonds is 5. The number of nitrogens with two attached hydrogens (primary N) is 1. The van der Waals surface area contributed by atoms with Crippen LogP contribution in [-0.4, -0.2) is 30.0 Å². The molecule has 0 fully saturated rings. The van der Waals surface area contributed by atoms with Crippen molar-refractivity contribution in [2.75, 3.05) is 5.73 Å². The van der Waals surface area contributed by atoms with Gasteiger partial charge in [-0.3, -0.25) is 8.77 Å². The fourth-order valence-electron chi connectivity index (χ4n) is 4.95. The Bertz CT molecular complexity index is 1960. The van der Waals surface area contributed by atoms with E-state index in [0.29, 0.717) is 11.4 Å². The predicted molar refractivity (Wildman–Crippen MR) is 170 cm³/mol. The largest absolute Gasteiger partial charge is 0.383 e. The Balaban J connectivity index is 0.000000152. The van der Waals surface area contributed by atoms with Crippen molar-refractivity contribution in [2.24, 2.45) is 0 Å². The summed E-state index contributed by atoms with van der Waals surface area (Å²) in [4.78, 5) is 20.9. The number of benzene rings is 2. The zero-order valence-corrected chi connectivity index (χ0v) is 24.7. The lowest BCUT2D eigenvalue weighted by molar-refractivity contribution is 0.112. The Morgan fingerprint density at radius 3 is 2.66 bits per heavy atom. The zero-order chi connectivity index (χ0) is 28.5. The summed E-state index contributed by atoms with van der Waals surface area (Å²) >= 11 is 3.57. The molecule has 1 aliphatic rings. The minimum Gasteiger partial charge on any atom is -0.383 e. The molecule has 0 saturated heterocycles. The van der Waals surface area contributed by atoms with Crippen LogP contribution in [0, 0.1) is 20.8 Å². The highest BCUT2D eigenvalue weighted by Gasteiger charge is 2.16. The molecule has 0 amide bonds. The van der Waals surface area contributed by atoms with Crippen LogP contribution < -0.4 is 16.4 Å². The van der Waals surface area contributed by atoms with Gasteiger partial charge >= 0.3 is 0 Å². The molecule has 1 aliphatic carbocycles. The van der Waals surface area contributed by atoms with Crippen LogP contribution >= 0.6 is 23.3 Å². The Morgan fingerprint density at radius 2 is 1.93 bits per heavy atom. The van der Waals surface area contributed by atoms with Gasteiger partial charge in [0.05, 0.1) is 34.0 Å². The highest BCUT2D eigenvalue weighted by molar-refractivity contribution is 7.98. The average Bonchev–Trinajstić information content (AvgIpc) is 3.76. The van der Waals surface area contributed by atoms with Crippen molar-refractivity contribution in [1.82, 2.24) is 23.7 Å². The number of carbonyl (C=O) groups excluding carboxylic acids is 1. The van der Waals surface area contributed by atoms with E-state index in [-0.39, 0.29) is 6.04 Å². The summed E-state index contributed by atoms with van der Waals surface area (Å²) in [6.45, 7) is 6.21. The van der Waals surface area contributed by atoms with E-state index in [4.69, 9.17) is 5.73 Å². The summed E-state index contributed by atoms with van der Waals surface area (Å²) in [7, 11) is 0. The van der Waals surface area contributed by atoms with Crippen LogP contribution in [-0.2, 0) is 0 Å². The highest BCUT2D eigenvalue weighted by atomic mass is 32.2. The molecule has 0 spiro atoms. The zero-order valence-electron chi connectivity index (χ0n) is 23.0. The fraction of sp³-hybridized carbons (Fsp3) is 0.156. The van der Waals surface area contributed by atoms with Gasteiger partial charge in [-0.25, -0.2) is 9.67 Å².